The van der Waals surface area contributed by atoms with Crippen molar-refractivity contribution < 1.29 is 0 Å². The molecule has 0 aromatic heterocycles. The minimum atomic E-state index is 0.921. The number of nitrogens with zero attached hydrogens (tertiary/aromatic N) is 2. The molecule has 0 N–H and O–H groups in total. The van der Waals surface area contributed by atoms with E-state index in [0.717, 1.165) is 13.1 Å². The standard InChI is InChI=1S/C13H16N2/c1-2-14-11-7-4-8-12-15(14)13-9-5-3-6-10-13/h3-11H,2,12H2,1H3. The summed E-state index contributed by atoms with van der Waals surface area (Å²) >= 11 is 0. The Morgan fingerprint density at radius 3 is 2.67 bits per heavy atom. The molecule has 0 atom stereocenters. The zero-order valence-corrected chi connectivity index (χ0v) is 9.00. The summed E-state index contributed by atoms with van der Waals surface area (Å²) in [6.45, 7) is 4.06. The van der Waals surface area contributed by atoms with Crippen molar-refractivity contribution in [2.24, 2.45) is 0 Å². The molecule has 0 saturated heterocycles. The van der Waals surface area contributed by atoms with Gasteiger partial charge in [-0.25, -0.2) is 0 Å². The van der Waals surface area contributed by atoms with Gasteiger partial charge in [-0.1, -0.05) is 30.4 Å². The third-order valence-electron chi connectivity index (χ3n) is 2.47. The highest BCUT2D eigenvalue weighted by Gasteiger charge is 2.10. The third-order valence-corrected chi connectivity index (χ3v) is 2.47. The van der Waals surface area contributed by atoms with Crippen LogP contribution < -0.4 is 5.01 Å². The first kappa shape index (κ1) is 9.84. The van der Waals surface area contributed by atoms with Gasteiger partial charge in [0.2, 0.25) is 0 Å². The number of para-hydroxylation sites is 1. The highest BCUT2D eigenvalue weighted by atomic mass is 15.6. The van der Waals surface area contributed by atoms with Gasteiger partial charge in [0.05, 0.1) is 12.2 Å². The summed E-state index contributed by atoms with van der Waals surface area (Å²) in [4.78, 5) is 0. The van der Waals surface area contributed by atoms with Crippen LogP contribution in [0.15, 0.2) is 54.8 Å². The summed E-state index contributed by atoms with van der Waals surface area (Å²) in [5.74, 6) is 0. The van der Waals surface area contributed by atoms with E-state index < -0.39 is 0 Å². The van der Waals surface area contributed by atoms with E-state index in [1.807, 2.05) is 6.07 Å². The molecule has 2 nitrogen and oxygen atoms in total. The van der Waals surface area contributed by atoms with E-state index in [-0.39, 0.29) is 0 Å². The predicted octanol–water partition coefficient (Wildman–Crippen LogP) is 2.81. The largest absolute Gasteiger partial charge is 0.293 e. The Morgan fingerprint density at radius 1 is 1.13 bits per heavy atom. The maximum atomic E-state index is 2.26. The van der Waals surface area contributed by atoms with Crippen molar-refractivity contribution in [3.05, 3.63) is 54.8 Å². The van der Waals surface area contributed by atoms with Crippen molar-refractivity contribution in [1.29, 1.82) is 0 Å². The van der Waals surface area contributed by atoms with E-state index in [2.05, 4.69) is 65.6 Å². The molecule has 0 spiro atoms. The minimum Gasteiger partial charge on any atom is -0.293 e. The molecule has 78 valence electrons. The number of hydrogen-bond donors (Lipinski definition) is 0. The van der Waals surface area contributed by atoms with Gasteiger partial charge in [0.15, 0.2) is 0 Å². The van der Waals surface area contributed by atoms with Crippen molar-refractivity contribution in [1.82, 2.24) is 5.01 Å². The highest BCUT2D eigenvalue weighted by molar-refractivity contribution is 5.46. The Labute approximate surface area is 91.1 Å². The molecule has 0 fully saturated rings. The number of rotatable bonds is 2. The van der Waals surface area contributed by atoms with E-state index in [4.69, 9.17) is 0 Å². The molecular formula is C13H16N2. The molecule has 1 aromatic carbocycles. The highest BCUT2D eigenvalue weighted by Crippen LogP contribution is 2.17. The topological polar surface area (TPSA) is 6.48 Å². The zero-order chi connectivity index (χ0) is 10.5. The Balaban J connectivity index is 2.26. The Hall–Kier alpha value is -1.70. The maximum absolute atomic E-state index is 2.26. The lowest BCUT2D eigenvalue weighted by Gasteiger charge is -2.33. The molecule has 1 aliphatic heterocycles. The zero-order valence-electron chi connectivity index (χ0n) is 9.00. The van der Waals surface area contributed by atoms with Crippen molar-refractivity contribution in [2.45, 2.75) is 6.92 Å². The minimum absolute atomic E-state index is 0.921. The van der Waals surface area contributed by atoms with Crippen molar-refractivity contribution in [2.75, 3.05) is 18.1 Å². The summed E-state index contributed by atoms with van der Waals surface area (Å²) in [6.07, 6.45) is 8.44. The van der Waals surface area contributed by atoms with E-state index in [9.17, 15) is 0 Å². The van der Waals surface area contributed by atoms with Gasteiger partial charge in [0, 0.05) is 12.7 Å². The van der Waals surface area contributed by atoms with Gasteiger partial charge < -0.3 is 0 Å². The second kappa shape index (κ2) is 4.69. The fourth-order valence-corrected chi connectivity index (χ4v) is 1.70. The SMILES string of the molecule is CCN1C=CC=CCN1c1ccccc1. The van der Waals surface area contributed by atoms with Crippen LogP contribution >= 0.6 is 0 Å². The molecule has 1 aliphatic rings. The van der Waals surface area contributed by atoms with Gasteiger partial charge in [-0.05, 0) is 25.1 Å². The first-order chi connectivity index (χ1) is 7.42. The lowest BCUT2D eigenvalue weighted by molar-refractivity contribution is 0.374. The fraction of sp³-hybridized carbons (Fsp3) is 0.231. The third kappa shape index (κ3) is 2.21. The average Bonchev–Trinajstić information content (AvgIpc) is 2.55. The first-order valence-corrected chi connectivity index (χ1v) is 5.34. The lowest BCUT2D eigenvalue weighted by atomic mass is 10.3. The van der Waals surface area contributed by atoms with Crippen LogP contribution in [-0.2, 0) is 0 Å². The number of allylic oxidation sites excluding steroid dienone is 2. The number of benzene rings is 1. The molecule has 0 saturated carbocycles. The second-order valence-electron chi connectivity index (χ2n) is 3.44. The number of hydrogen-bond acceptors (Lipinski definition) is 2. The van der Waals surface area contributed by atoms with Crippen LogP contribution in [0.5, 0.6) is 0 Å². The van der Waals surface area contributed by atoms with Crippen LogP contribution in [0.4, 0.5) is 5.69 Å². The molecule has 0 unspecified atom stereocenters. The van der Waals surface area contributed by atoms with E-state index in [1.165, 1.54) is 5.69 Å². The summed E-state index contributed by atoms with van der Waals surface area (Å²) in [7, 11) is 0. The molecule has 0 amide bonds. The predicted molar refractivity (Wildman–Crippen MR) is 64.4 cm³/mol. The summed E-state index contributed by atoms with van der Waals surface area (Å²) < 4.78 is 0. The lowest BCUT2D eigenvalue weighted by Crippen LogP contribution is -2.38. The first-order valence-electron chi connectivity index (χ1n) is 5.34. The molecule has 2 heteroatoms. The fourth-order valence-electron chi connectivity index (χ4n) is 1.70. The van der Waals surface area contributed by atoms with Crippen LogP contribution in [0.1, 0.15) is 6.92 Å². The Morgan fingerprint density at radius 2 is 1.93 bits per heavy atom. The van der Waals surface area contributed by atoms with Crippen molar-refractivity contribution in [3.63, 3.8) is 0 Å². The molecule has 15 heavy (non-hydrogen) atoms. The second-order valence-corrected chi connectivity index (χ2v) is 3.44. The summed E-state index contributed by atoms with van der Waals surface area (Å²) in [5.41, 5.74) is 1.23. The average molecular weight is 200 g/mol. The van der Waals surface area contributed by atoms with Gasteiger partial charge in [-0.15, -0.1) is 0 Å². The smallest absolute Gasteiger partial charge is 0.0580 e. The van der Waals surface area contributed by atoms with Gasteiger partial charge >= 0.3 is 0 Å². The van der Waals surface area contributed by atoms with Crippen molar-refractivity contribution in [3.8, 4) is 0 Å². The molecule has 1 heterocycles. The normalized spacial score (nSPS) is 15.5. The quantitative estimate of drug-likeness (QED) is 0.724. The van der Waals surface area contributed by atoms with Gasteiger partial charge in [-0.3, -0.25) is 10.0 Å². The molecule has 2 rings (SSSR count). The summed E-state index contributed by atoms with van der Waals surface area (Å²) in [6, 6.07) is 10.5. The summed E-state index contributed by atoms with van der Waals surface area (Å²) in [5, 5.41) is 4.48. The monoisotopic (exact) mass is 200 g/mol. The number of hydrazine groups is 1. The van der Waals surface area contributed by atoms with Gasteiger partial charge in [0.25, 0.3) is 0 Å². The van der Waals surface area contributed by atoms with Gasteiger partial charge in [0.1, 0.15) is 0 Å². The van der Waals surface area contributed by atoms with E-state index in [1.54, 1.807) is 0 Å². The molecular weight excluding hydrogens is 184 g/mol. The number of anilines is 1. The Bertz CT molecular complexity index is 354. The van der Waals surface area contributed by atoms with Crippen molar-refractivity contribution >= 4 is 5.69 Å². The van der Waals surface area contributed by atoms with Crippen LogP contribution in [0.25, 0.3) is 0 Å². The van der Waals surface area contributed by atoms with E-state index in [0.29, 0.717) is 0 Å². The molecule has 0 aliphatic carbocycles. The van der Waals surface area contributed by atoms with E-state index >= 15 is 0 Å². The molecule has 0 bridgehead atoms. The Kier molecular flexibility index (Phi) is 3.08. The van der Waals surface area contributed by atoms with Crippen LogP contribution in [0.3, 0.4) is 0 Å². The molecule has 1 aromatic rings. The van der Waals surface area contributed by atoms with Crippen LogP contribution in [0.2, 0.25) is 0 Å². The van der Waals surface area contributed by atoms with Crippen LogP contribution in [-0.4, -0.2) is 18.1 Å². The van der Waals surface area contributed by atoms with Crippen LogP contribution in [0, 0.1) is 0 Å². The molecule has 0 radical (unpaired) electrons. The maximum Gasteiger partial charge on any atom is 0.0580 e. The van der Waals surface area contributed by atoms with Gasteiger partial charge in [-0.2, -0.15) is 0 Å².